The SMILES string of the molecule is O=C(CCn1ncc(=O)c2ccccc21)Nc1cc(C2CCCC2)nn1-c1ccccc1. The molecule has 0 unspecified atom stereocenters. The van der Waals surface area contributed by atoms with Gasteiger partial charge in [0, 0.05) is 23.8 Å². The van der Waals surface area contributed by atoms with Crippen LogP contribution in [0.15, 0.2) is 71.7 Å². The Morgan fingerprint density at radius 1 is 1.03 bits per heavy atom. The highest BCUT2D eigenvalue weighted by atomic mass is 16.1. The first-order chi connectivity index (χ1) is 15.7. The van der Waals surface area contributed by atoms with Crippen LogP contribution in [0.1, 0.15) is 43.7 Å². The number of nitrogens with zero attached hydrogens (tertiary/aromatic N) is 4. The summed E-state index contributed by atoms with van der Waals surface area (Å²) in [5.74, 6) is 1.01. The van der Waals surface area contributed by atoms with E-state index in [4.69, 9.17) is 5.10 Å². The Hall–Kier alpha value is -3.74. The highest BCUT2D eigenvalue weighted by molar-refractivity contribution is 5.90. The fourth-order valence-electron chi connectivity index (χ4n) is 4.43. The number of rotatable bonds is 6. The van der Waals surface area contributed by atoms with Gasteiger partial charge in [0.25, 0.3) is 0 Å². The maximum atomic E-state index is 12.8. The zero-order chi connectivity index (χ0) is 21.9. The molecule has 0 bridgehead atoms. The van der Waals surface area contributed by atoms with Gasteiger partial charge in [-0.2, -0.15) is 10.2 Å². The summed E-state index contributed by atoms with van der Waals surface area (Å²) in [6.45, 7) is 0.377. The Kier molecular flexibility index (Phi) is 5.54. The van der Waals surface area contributed by atoms with Crippen LogP contribution in [-0.4, -0.2) is 25.5 Å². The van der Waals surface area contributed by atoms with Crippen LogP contribution in [0.5, 0.6) is 0 Å². The van der Waals surface area contributed by atoms with E-state index in [1.807, 2.05) is 59.3 Å². The molecule has 0 aliphatic heterocycles. The van der Waals surface area contributed by atoms with E-state index in [1.54, 1.807) is 10.7 Å². The minimum Gasteiger partial charge on any atom is -0.311 e. The first kappa shape index (κ1) is 20.2. The quantitative estimate of drug-likeness (QED) is 0.498. The minimum absolute atomic E-state index is 0.118. The predicted octanol–water partition coefficient (Wildman–Crippen LogP) is 4.27. The highest BCUT2D eigenvalue weighted by Gasteiger charge is 2.22. The van der Waals surface area contributed by atoms with E-state index in [9.17, 15) is 9.59 Å². The summed E-state index contributed by atoms with van der Waals surface area (Å²) in [5, 5.41) is 12.7. The maximum Gasteiger partial charge on any atom is 0.227 e. The molecule has 0 atom stereocenters. The molecule has 162 valence electrons. The average molecular weight is 428 g/mol. The van der Waals surface area contributed by atoms with Gasteiger partial charge < -0.3 is 5.32 Å². The van der Waals surface area contributed by atoms with Crippen LogP contribution >= 0.6 is 0 Å². The van der Waals surface area contributed by atoms with Crippen molar-refractivity contribution in [1.82, 2.24) is 19.6 Å². The van der Waals surface area contributed by atoms with Crippen LogP contribution in [-0.2, 0) is 11.3 Å². The number of para-hydroxylation sites is 2. The summed E-state index contributed by atoms with van der Waals surface area (Å²) in [5.41, 5.74) is 2.56. The van der Waals surface area contributed by atoms with E-state index >= 15 is 0 Å². The fourth-order valence-corrected chi connectivity index (χ4v) is 4.43. The summed E-state index contributed by atoms with van der Waals surface area (Å²) in [7, 11) is 0. The number of fused-ring (bicyclic) bond motifs is 1. The van der Waals surface area contributed by atoms with Crippen molar-refractivity contribution in [2.45, 2.75) is 44.6 Å². The second-order valence-corrected chi connectivity index (χ2v) is 8.23. The van der Waals surface area contributed by atoms with E-state index in [1.165, 1.54) is 19.0 Å². The summed E-state index contributed by atoms with van der Waals surface area (Å²) in [6.07, 6.45) is 6.28. The minimum atomic E-state index is -0.121. The molecule has 7 heteroatoms. The zero-order valence-electron chi connectivity index (χ0n) is 17.8. The normalized spacial score (nSPS) is 14.1. The lowest BCUT2D eigenvalue weighted by atomic mass is 10.0. The number of carbonyl (C=O) groups is 1. The second kappa shape index (κ2) is 8.78. The number of hydrogen-bond donors (Lipinski definition) is 1. The molecule has 1 amide bonds. The molecular formula is C25H25N5O2. The van der Waals surface area contributed by atoms with Gasteiger partial charge in [0.1, 0.15) is 5.82 Å². The van der Waals surface area contributed by atoms with E-state index in [-0.39, 0.29) is 17.8 Å². The van der Waals surface area contributed by atoms with Crippen LogP contribution in [0.4, 0.5) is 5.82 Å². The maximum absolute atomic E-state index is 12.8. The van der Waals surface area contributed by atoms with Gasteiger partial charge in [0.2, 0.25) is 11.3 Å². The molecule has 0 radical (unpaired) electrons. The molecule has 0 spiro atoms. The van der Waals surface area contributed by atoms with E-state index < -0.39 is 0 Å². The van der Waals surface area contributed by atoms with E-state index in [0.717, 1.165) is 29.7 Å². The molecule has 0 saturated heterocycles. The summed E-state index contributed by atoms with van der Waals surface area (Å²) >= 11 is 0. The Morgan fingerprint density at radius 2 is 1.78 bits per heavy atom. The monoisotopic (exact) mass is 427 g/mol. The van der Waals surface area contributed by atoms with Crippen LogP contribution in [0.2, 0.25) is 0 Å². The van der Waals surface area contributed by atoms with Crippen molar-refractivity contribution >= 4 is 22.6 Å². The summed E-state index contributed by atoms with van der Waals surface area (Å²) < 4.78 is 3.52. The van der Waals surface area contributed by atoms with Crippen LogP contribution in [0.3, 0.4) is 0 Å². The molecule has 7 nitrogen and oxygen atoms in total. The molecule has 1 saturated carbocycles. The fraction of sp³-hybridized carbons (Fsp3) is 0.280. The van der Waals surface area contributed by atoms with Crippen LogP contribution in [0, 0.1) is 0 Å². The van der Waals surface area contributed by atoms with Crippen molar-refractivity contribution in [2.24, 2.45) is 0 Å². The van der Waals surface area contributed by atoms with Crippen LogP contribution < -0.4 is 10.7 Å². The molecule has 32 heavy (non-hydrogen) atoms. The zero-order valence-corrected chi connectivity index (χ0v) is 17.8. The Labute approximate surface area is 185 Å². The summed E-state index contributed by atoms with van der Waals surface area (Å²) in [6, 6.07) is 19.2. The van der Waals surface area contributed by atoms with Gasteiger partial charge in [-0.15, -0.1) is 0 Å². The molecule has 5 rings (SSSR count). The van der Waals surface area contributed by atoms with Crippen molar-refractivity contribution in [3.05, 3.63) is 82.8 Å². The number of aryl methyl sites for hydroxylation is 1. The van der Waals surface area contributed by atoms with Crippen LogP contribution in [0.25, 0.3) is 16.6 Å². The van der Waals surface area contributed by atoms with Gasteiger partial charge in [-0.05, 0) is 37.1 Å². The Balaban J connectivity index is 1.36. The van der Waals surface area contributed by atoms with Crippen molar-refractivity contribution < 1.29 is 4.79 Å². The summed E-state index contributed by atoms with van der Waals surface area (Å²) in [4.78, 5) is 24.9. The third kappa shape index (κ3) is 4.06. The van der Waals surface area contributed by atoms with Gasteiger partial charge >= 0.3 is 0 Å². The van der Waals surface area contributed by atoms with Gasteiger partial charge in [-0.1, -0.05) is 43.2 Å². The number of nitrogens with one attached hydrogen (secondary N) is 1. The molecule has 2 aromatic heterocycles. The number of benzene rings is 2. The highest BCUT2D eigenvalue weighted by Crippen LogP contribution is 2.35. The molecular weight excluding hydrogens is 402 g/mol. The molecule has 1 fully saturated rings. The molecule has 4 aromatic rings. The molecule has 1 N–H and O–H groups in total. The van der Waals surface area contributed by atoms with E-state index in [2.05, 4.69) is 10.4 Å². The Bertz CT molecular complexity index is 1300. The van der Waals surface area contributed by atoms with Crippen molar-refractivity contribution in [2.75, 3.05) is 5.32 Å². The average Bonchev–Trinajstić information content (AvgIpc) is 3.50. The van der Waals surface area contributed by atoms with Gasteiger partial charge in [-0.25, -0.2) is 4.68 Å². The van der Waals surface area contributed by atoms with Crippen molar-refractivity contribution in [1.29, 1.82) is 0 Å². The molecule has 2 heterocycles. The lowest BCUT2D eigenvalue weighted by molar-refractivity contribution is -0.116. The lowest BCUT2D eigenvalue weighted by Gasteiger charge is -2.11. The molecule has 2 aromatic carbocycles. The van der Waals surface area contributed by atoms with Crippen molar-refractivity contribution in [3.63, 3.8) is 0 Å². The van der Waals surface area contributed by atoms with E-state index in [0.29, 0.717) is 23.7 Å². The first-order valence-electron chi connectivity index (χ1n) is 11.1. The Morgan fingerprint density at radius 3 is 2.59 bits per heavy atom. The third-order valence-corrected chi connectivity index (χ3v) is 6.08. The van der Waals surface area contributed by atoms with Gasteiger partial charge in [0.15, 0.2) is 0 Å². The number of hydrogen-bond acceptors (Lipinski definition) is 4. The predicted molar refractivity (Wildman–Crippen MR) is 124 cm³/mol. The van der Waals surface area contributed by atoms with Gasteiger partial charge in [-0.3, -0.25) is 14.3 Å². The number of carbonyl (C=O) groups excluding carboxylic acids is 1. The number of anilines is 1. The standard InChI is InChI=1S/C25H25N5O2/c31-23-17-26-29(22-13-7-6-12-20(22)23)15-14-25(32)27-24-16-21(18-8-4-5-9-18)28-30(24)19-10-2-1-3-11-19/h1-3,6-7,10-13,16-18H,4-5,8-9,14-15H2,(H,27,32). The topological polar surface area (TPSA) is 81.8 Å². The second-order valence-electron chi connectivity index (χ2n) is 8.23. The third-order valence-electron chi connectivity index (χ3n) is 6.08. The smallest absolute Gasteiger partial charge is 0.227 e. The van der Waals surface area contributed by atoms with Crippen molar-refractivity contribution in [3.8, 4) is 5.69 Å². The number of amides is 1. The molecule has 1 aliphatic rings. The first-order valence-corrected chi connectivity index (χ1v) is 11.1. The molecule has 1 aliphatic carbocycles. The number of aromatic nitrogens is 4. The largest absolute Gasteiger partial charge is 0.311 e. The van der Waals surface area contributed by atoms with Gasteiger partial charge in [0.05, 0.1) is 29.6 Å². The lowest BCUT2D eigenvalue weighted by Crippen LogP contribution is -2.19.